The van der Waals surface area contributed by atoms with E-state index in [1.807, 2.05) is 18.2 Å². The van der Waals surface area contributed by atoms with Crippen LogP contribution >= 0.6 is 11.8 Å². The molecule has 1 amide bonds. The van der Waals surface area contributed by atoms with Crippen molar-refractivity contribution >= 4 is 39.9 Å². The van der Waals surface area contributed by atoms with E-state index in [4.69, 9.17) is 14.5 Å². The number of carbonyl (C=O) groups excluding carboxylic acids is 1. The van der Waals surface area contributed by atoms with Crippen molar-refractivity contribution in [3.8, 4) is 0 Å². The van der Waals surface area contributed by atoms with Crippen LogP contribution in [0.2, 0.25) is 0 Å². The summed E-state index contributed by atoms with van der Waals surface area (Å²) >= 11 is 1.57. The number of para-hydroxylation sites is 1. The molecule has 7 nitrogen and oxygen atoms in total. The summed E-state index contributed by atoms with van der Waals surface area (Å²) in [5, 5.41) is 7.60. The first-order valence-electron chi connectivity index (χ1n) is 10.9. The number of hydrogen-bond acceptors (Lipinski definition) is 7. The third kappa shape index (κ3) is 3.73. The van der Waals surface area contributed by atoms with Crippen molar-refractivity contribution < 1.29 is 14.3 Å². The van der Waals surface area contributed by atoms with E-state index in [1.165, 1.54) is 5.39 Å². The number of hydrogen-bond donors (Lipinski definition) is 2. The molecule has 0 radical (unpaired) electrons. The Labute approximate surface area is 190 Å². The van der Waals surface area contributed by atoms with Gasteiger partial charge in [-0.3, -0.25) is 19.3 Å². The number of anilines is 2. The van der Waals surface area contributed by atoms with Gasteiger partial charge in [-0.05, 0) is 49.7 Å². The summed E-state index contributed by atoms with van der Waals surface area (Å²) in [7, 11) is 0. The summed E-state index contributed by atoms with van der Waals surface area (Å²) in [6, 6.07) is 18.6. The fourth-order valence-corrected chi connectivity index (χ4v) is 5.22. The number of benzene rings is 2. The summed E-state index contributed by atoms with van der Waals surface area (Å²) in [5.41, 5.74) is 4.02. The van der Waals surface area contributed by atoms with E-state index in [1.54, 1.807) is 11.8 Å². The summed E-state index contributed by atoms with van der Waals surface area (Å²) in [5.74, 6) is -0.0893. The van der Waals surface area contributed by atoms with E-state index in [0.717, 1.165) is 46.9 Å². The molecule has 1 aromatic heterocycles. The number of ether oxygens (including phenoxy) is 2. The molecule has 2 N–H and O–H groups in total. The van der Waals surface area contributed by atoms with Crippen LogP contribution in [0.15, 0.2) is 59.5 Å². The Morgan fingerprint density at radius 1 is 1.19 bits per heavy atom. The molecule has 3 fully saturated rings. The van der Waals surface area contributed by atoms with E-state index in [-0.39, 0.29) is 12.3 Å². The highest BCUT2D eigenvalue weighted by atomic mass is 32.2. The van der Waals surface area contributed by atoms with Crippen molar-refractivity contribution in [2.45, 2.75) is 29.9 Å². The van der Waals surface area contributed by atoms with Crippen molar-refractivity contribution in [2.24, 2.45) is 0 Å². The molecule has 3 saturated heterocycles. The predicted octanol–water partition coefficient (Wildman–Crippen LogP) is 3.35. The van der Waals surface area contributed by atoms with Gasteiger partial charge in [0.05, 0.1) is 30.0 Å². The first-order chi connectivity index (χ1) is 15.7. The molecule has 7 rings (SSSR count). The van der Waals surface area contributed by atoms with Gasteiger partial charge in [0.25, 0.3) is 0 Å². The van der Waals surface area contributed by atoms with Crippen LogP contribution in [-0.2, 0) is 20.7 Å². The second-order valence-corrected chi connectivity index (χ2v) is 9.39. The van der Waals surface area contributed by atoms with Crippen LogP contribution in [-0.4, -0.2) is 48.5 Å². The zero-order valence-corrected chi connectivity index (χ0v) is 18.4. The van der Waals surface area contributed by atoms with Gasteiger partial charge < -0.3 is 15.5 Å². The molecule has 0 atom stereocenters. The lowest BCUT2D eigenvalue weighted by Gasteiger charge is -2.37. The molecule has 5 heterocycles. The molecule has 4 aliphatic rings. The normalized spacial score (nSPS) is 23.7. The van der Waals surface area contributed by atoms with Crippen molar-refractivity contribution in [3.05, 3.63) is 60.3 Å². The van der Waals surface area contributed by atoms with Crippen molar-refractivity contribution in [3.63, 3.8) is 0 Å². The Hall–Kier alpha value is -2.65. The lowest BCUT2D eigenvalue weighted by atomic mass is 10.1. The lowest BCUT2D eigenvalue weighted by molar-refractivity contribution is -0.401. The Balaban J connectivity index is 1.00. The maximum atomic E-state index is 11.7. The standard InChI is InChI=1S/C24H24N4O3S/c29-22-13-32-21-10-9-18(12-20(21)27-22)28-15-24(30-23(28)31-24)14-25-11-3-5-17-8-7-16-4-1-2-6-19(16)26-17/h1-2,4,6-10,12,23,25H,3,5,11,13-15H2,(H,27,29). The monoisotopic (exact) mass is 448 g/mol. The molecule has 3 aromatic rings. The molecule has 32 heavy (non-hydrogen) atoms. The van der Waals surface area contributed by atoms with Gasteiger partial charge in [-0.15, -0.1) is 11.8 Å². The molecule has 0 aliphatic carbocycles. The minimum absolute atomic E-state index is 0.0393. The average Bonchev–Trinajstić information content (AvgIpc) is 3.34. The number of nitrogens with one attached hydrogen (secondary N) is 2. The van der Waals surface area contributed by atoms with Gasteiger partial charge in [0.1, 0.15) is 0 Å². The number of fused-ring (bicyclic) bond motifs is 3. The van der Waals surface area contributed by atoms with Gasteiger partial charge >= 0.3 is 0 Å². The van der Waals surface area contributed by atoms with Gasteiger partial charge in [-0.2, -0.15) is 0 Å². The topological polar surface area (TPSA) is 75.7 Å². The first-order valence-corrected chi connectivity index (χ1v) is 11.9. The molecular weight excluding hydrogens is 424 g/mol. The van der Waals surface area contributed by atoms with Crippen LogP contribution in [0.4, 0.5) is 11.4 Å². The number of thioether (sulfide) groups is 1. The van der Waals surface area contributed by atoms with E-state index < -0.39 is 5.79 Å². The smallest absolute Gasteiger partial charge is 0.245 e. The molecule has 0 saturated carbocycles. The van der Waals surface area contributed by atoms with Crippen molar-refractivity contribution in [2.75, 3.05) is 35.6 Å². The maximum absolute atomic E-state index is 11.7. The molecule has 0 unspecified atom stereocenters. The second kappa shape index (κ2) is 8.04. The SMILES string of the molecule is O=C1CSc2ccc(N3CC4(CNCCCc5ccc6ccccc6n5)OC3O4)cc2N1. The van der Waals surface area contributed by atoms with Crippen molar-refractivity contribution in [1.29, 1.82) is 0 Å². The number of rotatable bonds is 7. The number of aromatic nitrogens is 1. The first kappa shape index (κ1) is 20.0. The van der Waals surface area contributed by atoms with Crippen molar-refractivity contribution in [1.82, 2.24) is 10.3 Å². The molecule has 8 heteroatoms. The quantitative estimate of drug-likeness (QED) is 0.537. The lowest BCUT2D eigenvalue weighted by Crippen LogP contribution is -2.53. The zero-order valence-electron chi connectivity index (χ0n) is 17.5. The average molecular weight is 449 g/mol. The minimum Gasteiger partial charge on any atom is -0.324 e. The molecule has 0 spiro atoms. The predicted molar refractivity (Wildman–Crippen MR) is 125 cm³/mol. The highest BCUT2D eigenvalue weighted by Gasteiger charge is 2.58. The van der Waals surface area contributed by atoms with E-state index in [2.05, 4.69) is 51.9 Å². The molecule has 2 aromatic carbocycles. The van der Waals surface area contributed by atoms with Gasteiger partial charge in [-0.25, -0.2) is 0 Å². The van der Waals surface area contributed by atoms with Gasteiger partial charge in [0.15, 0.2) is 0 Å². The van der Waals surface area contributed by atoms with Crippen LogP contribution < -0.4 is 15.5 Å². The number of amides is 1. The molecule has 164 valence electrons. The van der Waals surface area contributed by atoms with Gasteiger partial charge in [-0.1, -0.05) is 24.3 Å². The fraction of sp³-hybridized carbons (Fsp3) is 0.333. The van der Waals surface area contributed by atoms with Gasteiger partial charge in [0, 0.05) is 21.7 Å². The third-order valence-corrected chi connectivity index (χ3v) is 7.13. The highest BCUT2D eigenvalue weighted by molar-refractivity contribution is 8.00. The third-order valence-electron chi connectivity index (χ3n) is 6.06. The molecule has 4 aliphatic heterocycles. The van der Waals surface area contributed by atoms with E-state index >= 15 is 0 Å². The molecular formula is C24H24N4O3S. The summed E-state index contributed by atoms with van der Waals surface area (Å²) in [6.45, 7) is 2.18. The van der Waals surface area contributed by atoms with Crippen LogP contribution in [0.3, 0.4) is 0 Å². The van der Waals surface area contributed by atoms with Crippen LogP contribution in [0.1, 0.15) is 12.1 Å². The highest BCUT2D eigenvalue weighted by Crippen LogP contribution is 2.44. The number of carbonyl (C=O) groups is 1. The summed E-state index contributed by atoms with van der Waals surface area (Å²) in [6.07, 6.45) is 1.57. The fourth-order valence-electron chi connectivity index (χ4n) is 4.43. The van der Waals surface area contributed by atoms with Crippen LogP contribution in [0, 0.1) is 0 Å². The maximum Gasteiger partial charge on any atom is 0.245 e. The summed E-state index contributed by atoms with van der Waals surface area (Å²) in [4.78, 5) is 19.6. The largest absolute Gasteiger partial charge is 0.324 e. The van der Waals surface area contributed by atoms with Crippen LogP contribution in [0.25, 0.3) is 10.9 Å². The second-order valence-electron chi connectivity index (χ2n) is 8.37. The molecule has 2 bridgehead atoms. The van der Waals surface area contributed by atoms with E-state index in [0.29, 0.717) is 18.8 Å². The number of nitrogens with zero attached hydrogens (tertiary/aromatic N) is 2. The zero-order chi connectivity index (χ0) is 21.5. The van der Waals surface area contributed by atoms with Gasteiger partial charge in [0.2, 0.25) is 18.1 Å². The Kier molecular flexibility index (Phi) is 5.02. The Bertz CT molecular complexity index is 1180. The summed E-state index contributed by atoms with van der Waals surface area (Å²) < 4.78 is 12.0. The van der Waals surface area contributed by atoms with Crippen LogP contribution in [0.5, 0.6) is 0 Å². The van der Waals surface area contributed by atoms with E-state index in [9.17, 15) is 4.79 Å². The Morgan fingerprint density at radius 2 is 2.09 bits per heavy atom. The Morgan fingerprint density at radius 3 is 3.03 bits per heavy atom. The number of aryl methyl sites for hydroxylation is 1. The minimum atomic E-state index is -0.597. The number of pyridine rings is 1.